The number of hydrogen-bond donors (Lipinski definition) is 1. The molecule has 1 atom stereocenters. The Morgan fingerprint density at radius 2 is 1.92 bits per heavy atom. The van der Waals surface area contributed by atoms with Crippen molar-refractivity contribution >= 4 is 17.3 Å². The molecule has 1 heterocycles. The van der Waals surface area contributed by atoms with E-state index in [9.17, 15) is 4.79 Å². The Hall–Kier alpha value is -2.53. The molecule has 0 bridgehead atoms. The smallest absolute Gasteiger partial charge is 0.224 e. The lowest BCUT2D eigenvalue weighted by molar-refractivity contribution is -0.116. The van der Waals surface area contributed by atoms with E-state index in [2.05, 4.69) is 23.2 Å². The number of ether oxygens (including phenoxy) is 2. The molecule has 5 nitrogen and oxygen atoms in total. The lowest BCUT2D eigenvalue weighted by atomic mass is 9.97. The van der Waals surface area contributed by atoms with Gasteiger partial charge < -0.3 is 19.7 Å². The summed E-state index contributed by atoms with van der Waals surface area (Å²) in [7, 11) is 1.65. The number of hydrogen-bond acceptors (Lipinski definition) is 4. The first-order valence-electron chi connectivity index (χ1n) is 9.02. The molecule has 26 heavy (non-hydrogen) atoms. The van der Waals surface area contributed by atoms with Crippen molar-refractivity contribution in [3.05, 3.63) is 54.1 Å². The summed E-state index contributed by atoms with van der Waals surface area (Å²) in [6.45, 7) is 5.31. The number of nitrogens with zero attached hydrogens (tertiary/aromatic N) is 1. The summed E-state index contributed by atoms with van der Waals surface area (Å²) >= 11 is 0. The molecular weight excluding hydrogens is 328 g/mol. The summed E-state index contributed by atoms with van der Waals surface area (Å²) in [5.41, 5.74) is 3.08. The van der Waals surface area contributed by atoms with Gasteiger partial charge in [0, 0.05) is 30.9 Å². The summed E-state index contributed by atoms with van der Waals surface area (Å²) < 4.78 is 10.6. The zero-order valence-corrected chi connectivity index (χ0v) is 15.4. The average molecular weight is 354 g/mol. The lowest BCUT2D eigenvalue weighted by Gasteiger charge is -2.29. The van der Waals surface area contributed by atoms with Crippen molar-refractivity contribution in [2.45, 2.75) is 19.3 Å². The van der Waals surface area contributed by atoms with Crippen LogP contribution in [0.5, 0.6) is 5.75 Å². The van der Waals surface area contributed by atoms with Crippen molar-refractivity contribution in [1.82, 2.24) is 0 Å². The Morgan fingerprint density at radius 3 is 2.62 bits per heavy atom. The molecule has 0 saturated carbocycles. The molecule has 1 unspecified atom stereocenters. The van der Waals surface area contributed by atoms with Gasteiger partial charge in [-0.25, -0.2) is 0 Å². The molecule has 0 spiro atoms. The molecule has 138 valence electrons. The number of amides is 1. The summed E-state index contributed by atoms with van der Waals surface area (Å²) in [6.07, 6.45) is 0.439. The van der Waals surface area contributed by atoms with Gasteiger partial charge in [0.2, 0.25) is 5.91 Å². The Morgan fingerprint density at radius 1 is 1.19 bits per heavy atom. The fourth-order valence-electron chi connectivity index (χ4n) is 3.14. The van der Waals surface area contributed by atoms with Gasteiger partial charge in [-0.15, -0.1) is 0 Å². The maximum absolute atomic E-state index is 12.4. The summed E-state index contributed by atoms with van der Waals surface area (Å²) in [4.78, 5) is 14.7. The molecule has 1 aliphatic heterocycles. The van der Waals surface area contributed by atoms with Gasteiger partial charge in [-0.2, -0.15) is 0 Å². The van der Waals surface area contributed by atoms with Crippen LogP contribution in [0.4, 0.5) is 11.4 Å². The highest BCUT2D eigenvalue weighted by Crippen LogP contribution is 2.24. The van der Waals surface area contributed by atoms with E-state index in [4.69, 9.17) is 9.47 Å². The number of nitrogens with one attached hydrogen (secondary N) is 1. The molecule has 0 aromatic heterocycles. The molecule has 2 aromatic carbocycles. The zero-order chi connectivity index (χ0) is 18.4. The summed E-state index contributed by atoms with van der Waals surface area (Å²) in [6, 6.07) is 15.9. The van der Waals surface area contributed by atoms with Crippen molar-refractivity contribution in [2.24, 2.45) is 0 Å². The Kier molecular flexibility index (Phi) is 6.12. The van der Waals surface area contributed by atoms with E-state index in [-0.39, 0.29) is 11.8 Å². The van der Waals surface area contributed by atoms with Crippen LogP contribution >= 0.6 is 0 Å². The lowest BCUT2D eigenvalue weighted by Crippen LogP contribution is -2.36. The molecule has 0 aliphatic carbocycles. The van der Waals surface area contributed by atoms with E-state index in [0.717, 1.165) is 49.0 Å². The van der Waals surface area contributed by atoms with Crippen LogP contribution in [0.3, 0.4) is 0 Å². The van der Waals surface area contributed by atoms with Crippen LogP contribution in [0.15, 0.2) is 48.5 Å². The number of rotatable bonds is 6. The Bertz CT molecular complexity index is 724. The highest BCUT2D eigenvalue weighted by Gasteiger charge is 2.14. The van der Waals surface area contributed by atoms with Gasteiger partial charge in [-0.05, 0) is 41.8 Å². The summed E-state index contributed by atoms with van der Waals surface area (Å²) in [5.74, 6) is 0.987. The van der Waals surface area contributed by atoms with Crippen molar-refractivity contribution < 1.29 is 14.3 Å². The number of anilines is 2. The van der Waals surface area contributed by atoms with Crippen LogP contribution in [0.1, 0.15) is 24.8 Å². The first-order valence-corrected chi connectivity index (χ1v) is 9.02. The first kappa shape index (κ1) is 18.3. The van der Waals surface area contributed by atoms with Crippen molar-refractivity contribution in [3.63, 3.8) is 0 Å². The average Bonchev–Trinajstić information content (AvgIpc) is 2.69. The van der Waals surface area contributed by atoms with Gasteiger partial charge in [0.25, 0.3) is 0 Å². The normalized spacial score (nSPS) is 15.4. The number of morpholine rings is 1. The number of carbonyl (C=O) groups is 1. The molecule has 1 amide bonds. The van der Waals surface area contributed by atoms with Crippen LogP contribution < -0.4 is 15.0 Å². The minimum Gasteiger partial charge on any atom is -0.497 e. The van der Waals surface area contributed by atoms with Crippen molar-refractivity contribution in [3.8, 4) is 5.75 Å². The molecule has 5 heteroatoms. The predicted molar refractivity (Wildman–Crippen MR) is 104 cm³/mol. The van der Waals surface area contributed by atoms with Crippen LogP contribution in [0.25, 0.3) is 0 Å². The number of methoxy groups -OCH3 is 1. The number of benzene rings is 2. The SMILES string of the molecule is COc1ccc(C(C)CC(=O)Nc2cccc(N3CCOCC3)c2)cc1. The topological polar surface area (TPSA) is 50.8 Å². The fraction of sp³-hybridized carbons (Fsp3) is 0.381. The van der Waals surface area contributed by atoms with Gasteiger partial charge in [-0.1, -0.05) is 25.1 Å². The molecule has 3 rings (SSSR count). The van der Waals surface area contributed by atoms with Gasteiger partial charge in [-0.3, -0.25) is 4.79 Å². The van der Waals surface area contributed by atoms with E-state index in [1.54, 1.807) is 7.11 Å². The second-order valence-electron chi connectivity index (χ2n) is 6.58. The molecule has 1 fully saturated rings. The highest BCUT2D eigenvalue weighted by molar-refractivity contribution is 5.91. The molecule has 1 aliphatic rings. The molecule has 0 radical (unpaired) electrons. The van der Waals surface area contributed by atoms with E-state index in [1.807, 2.05) is 42.5 Å². The maximum atomic E-state index is 12.4. The predicted octanol–water partition coefficient (Wildman–Crippen LogP) is 3.66. The third-order valence-electron chi connectivity index (χ3n) is 4.68. The second kappa shape index (κ2) is 8.72. The maximum Gasteiger partial charge on any atom is 0.224 e. The zero-order valence-electron chi connectivity index (χ0n) is 15.4. The Labute approximate surface area is 154 Å². The summed E-state index contributed by atoms with van der Waals surface area (Å²) in [5, 5.41) is 3.02. The third kappa shape index (κ3) is 4.76. The van der Waals surface area contributed by atoms with Gasteiger partial charge in [0.05, 0.1) is 20.3 Å². The van der Waals surface area contributed by atoms with Crippen LogP contribution in [-0.4, -0.2) is 39.3 Å². The number of carbonyl (C=O) groups excluding carboxylic acids is 1. The molecular formula is C21H26N2O3. The first-order chi connectivity index (χ1) is 12.7. The van der Waals surface area contributed by atoms with E-state index >= 15 is 0 Å². The minimum atomic E-state index is 0.0208. The fourth-order valence-corrected chi connectivity index (χ4v) is 3.14. The monoisotopic (exact) mass is 354 g/mol. The Balaban J connectivity index is 1.58. The van der Waals surface area contributed by atoms with Gasteiger partial charge in [0.15, 0.2) is 0 Å². The largest absolute Gasteiger partial charge is 0.497 e. The van der Waals surface area contributed by atoms with E-state index in [1.165, 1.54) is 0 Å². The highest BCUT2D eigenvalue weighted by atomic mass is 16.5. The minimum absolute atomic E-state index is 0.0208. The molecule has 1 N–H and O–H groups in total. The van der Waals surface area contributed by atoms with Gasteiger partial charge >= 0.3 is 0 Å². The van der Waals surface area contributed by atoms with E-state index < -0.39 is 0 Å². The van der Waals surface area contributed by atoms with E-state index in [0.29, 0.717) is 6.42 Å². The standard InChI is InChI=1S/C21H26N2O3/c1-16(17-6-8-20(25-2)9-7-17)14-21(24)22-18-4-3-5-19(15-18)23-10-12-26-13-11-23/h3-9,15-16H,10-14H2,1-2H3,(H,22,24). The van der Waals surface area contributed by atoms with Crippen LogP contribution in [0, 0.1) is 0 Å². The van der Waals surface area contributed by atoms with Gasteiger partial charge in [0.1, 0.15) is 5.75 Å². The third-order valence-corrected chi connectivity index (χ3v) is 4.68. The molecule has 1 saturated heterocycles. The quantitative estimate of drug-likeness (QED) is 0.860. The van der Waals surface area contributed by atoms with Crippen molar-refractivity contribution in [2.75, 3.05) is 43.6 Å². The molecule has 2 aromatic rings. The van der Waals surface area contributed by atoms with Crippen molar-refractivity contribution in [1.29, 1.82) is 0 Å². The van der Waals surface area contributed by atoms with Crippen LogP contribution in [-0.2, 0) is 9.53 Å². The van der Waals surface area contributed by atoms with Crippen LogP contribution in [0.2, 0.25) is 0 Å². The second-order valence-corrected chi connectivity index (χ2v) is 6.58.